The summed E-state index contributed by atoms with van der Waals surface area (Å²) in [5.74, 6) is -0.108. The van der Waals surface area contributed by atoms with E-state index in [0.717, 1.165) is 22.9 Å². The summed E-state index contributed by atoms with van der Waals surface area (Å²) in [6.45, 7) is 3.16. The summed E-state index contributed by atoms with van der Waals surface area (Å²) in [5.41, 5.74) is 4.65. The fourth-order valence-corrected chi connectivity index (χ4v) is 4.78. The zero-order valence-corrected chi connectivity index (χ0v) is 16.7. The van der Waals surface area contributed by atoms with Gasteiger partial charge < -0.3 is 25.0 Å². The number of H-pyrrole nitrogens is 1. The van der Waals surface area contributed by atoms with E-state index in [-0.39, 0.29) is 24.5 Å². The number of aryl methyl sites for hydroxylation is 1. The molecule has 3 aliphatic heterocycles. The lowest BCUT2D eigenvalue weighted by Gasteiger charge is -2.31. The van der Waals surface area contributed by atoms with Gasteiger partial charge in [0.1, 0.15) is 18.9 Å². The first kappa shape index (κ1) is 17.8. The molecule has 29 heavy (non-hydrogen) atoms. The molecule has 9 heteroatoms. The molecule has 9 nitrogen and oxygen atoms in total. The van der Waals surface area contributed by atoms with E-state index in [0.29, 0.717) is 13.1 Å². The largest absolute Gasteiger partial charge is 0.358 e. The molecule has 0 radical (unpaired) electrons. The highest BCUT2D eigenvalue weighted by Gasteiger charge is 2.53. The standard InChI is InChI=1S/C20H24N6O3/c1-11-5-4-6-12-13-9-25(8-7-14(13)21-16(11)12)15(27)10-26-18-17(22-19(26)28)23(2)20(29)24(18)3/h4-6,17-18,21H,7-10H2,1-3H3,(H,22,28)/t17-,18-/m1/s1. The van der Waals surface area contributed by atoms with E-state index in [1.807, 2.05) is 6.07 Å². The molecule has 2 N–H and O–H groups in total. The van der Waals surface area contributed by atoms with Crippen molar-refractivity contribution in [2.75, 3.05) is 27.2 Å². The first-order valence-corrected chi connectivity index (χ1v) is 9.80. The molecule has 2 atom stereocenters. The molecule has 0 unspecified atom stereocenters. The molecule has 2 saturated heterocycles. The Kier molecular flexibility index (Phi) is 3.77. The molecule has 4 heterocycles. The van der Waals surface area contributed by atoms with E-state index in [9.17, 15) is 14.4 Å². The van der Waals surface area contributed by atoms with Gasteiger partial charge in [0.15, 0.2) is 0 Å². The van der Waals surface area contributed by atoms with Crippen molar-refractivity contribution in [2.24, 2.45) is 0 Å². The van der Waals surface area contributed by atoms with Crippen LogP contribution in [0.3, 0.4) is 0 Å². The summed E-state index contributed by atoms with van der Waals surface area (Å²) >= 11 is 0. The zero-order chi connectivity index (χ0) is 20.4. The number of carbonyl (C=O) groups excluding carboxylic acids is 3. The summed E-state index contributed by atoms with van der Waals surface area (Å²) in [6, 6.07) is 5.70. The molecule has 152 valence electrons. The number of likely N-dealkylation sites (N-methyl/N-ethyl adjacent to an activating group) is 2. The number of benzene rings is 1. The molecule has 0 saturated carbocycles. The van der Waals surface area contributed by atoms with Crippen LogP contribution in [0.15, 0.2) is 18.2 Å². The summed E-state index contributed by atoms with van der Waals surface area (Å²) < 4.78 is 0. The van der Waals surface area contributed by atoms with Crippen LogP contribution in [0.2, 0.25) is 0 Å². The number of rotatable bonds is 2. The second-order valence-electron chi connectivity index (χ2n) is 8.09. The van der Waals surface area contributed by atoms with Gasteiger partial charge in [-0.1, -0.05) is 18.2 Å². The summed E-state index contributed by atoms with van der Waals surface area (Å²) in [7, 11) is 3.31. The molecule has 1 aromatic heterocycles. The lowest BCUT2D eigenvalue weighted by molar-refractivity contribution is -0.133. The normalized spacial score (nSPS) is 23.7. The Morgan fingerprint density at radius 2 is 2.00 bits per heavy atom. The van der Waals surface area contributed by atoms with Crippen LogP contribution in [0.1, 0.15) is 16.8 Å². The van der Waals surface area contributed by atoms with Gasteiger partial charge in [-0.15, -0.1) is 0 Å². The van der Waals surface area contributed by atoms with Crippen LogP contribution in [0.4, 0.5) is 9.59 Å². The maximum Gasteiger partial charge on any atom is 0.323 e. The Morgan fingerprint density at radius 1 is 1.21 bits per heavy atom. The quantitative estimate of drug-likeness (QED) is 0.794. The Labute approximate surface area is 168 Å². The number of amides is 5. The molecule has 3 aliphatic rings. The number of hydrogen-bond donors (Lipinski definition) is 2. The van der Waals surface area contributed by atoms with Crippen molar-refractivity contribution in [3.05, 3.63) is 35.0 Å². The van der Waals surface area contributed by atoms with Gasteiger partial charge in [-0.2, -0.15) is 0 Å². The van der Waals surface area contributed by atoms with Crippen molar-refractivity contribution >= 4 is 28.9 Å². The Morgan fingerprint density at radius 3 is 2.79 bits per heavy atom. The van der Waals surface area contributed by atoms with E-state index in [2.05, 4.69) is 29.4 Å². The smallest absolute Gasteiger partial charge is 0.323 e. The van der Waals surface area contributed by atoms with Crippen LogP contribution < -0.4 is 5.32 Å². The second-order valence-corrected chi connectivity index (χ2v) is 8.09. The van der Waals surface area contributed by atoms with Crippen LogP contribution >= 0.6 is 0 Å². The van der Waals surface area contributed by atoms with Gasteiger partial charge in [0.25, 0.3) is 0 Å². The van der Waals surface area contributed by atoms with Crippen molar-refractivity contribution in [2.45, 2.75) is 32.2 Å². The van der Waals surface area contributed by atoms with Crippen molar-refractivity contribution in [1.29, 1.82) is 0 Å². The Bertz CT molecular complexity index is 1050. The van der Waals surface area contributed by atoms with Gasteiger partial charge in [0.2, 0.25) is 5.91 Å². The van der Waals surface area contributed by atoms with Crippen LogP contribution in [-0.4, -0.2) is 82.1 Å². The number of aromatic nitrogens is 1. The fourth-order valence-electron chi connectivity index (χ4n) is 4.78. The first-order valence-electron chi connectivity index (χ1n) is 9.80. The molecule has 2 fully saturated rings. The summed E-state index contributed by atoms with van der Waals surface area (Å²) in [5, 5.41) is 3.95. The number of aromatic amines is 1. The topological polar surface area (TPSA) is 92.0 Å². The summed E-state index contributed by atoms with van der Waals surface area (Å²) in [6.07, 6.45) is -0.147. The van der Waals surface area contributed by atoms with Crippen molar-refractivity contribution in [3.63, 3.8) is 0 Å². The van der Waals surface area contributed by atoms with Gasteiger partial charge in [-0.3, -0.25) is 9.69 Å². The van der Waals surface area contributed by atoms with Crippen LogP contribution in [0, 0.1) is 6.92 Å². The van der Waals surface area contributed by atoms with Crippen LogP contribution in [0.5, 0.6) is 0 Å². The third-order valence-electron chi connectivity index (χ3n) is 6.43. The van der Waals surface area contributed by atoms with Crippen molar-refractivity contribution in [3.8, 4) is 0 Å². The highest BCUT2D eigenvalue weighted by molar-refractivity contribution is 5.90. The minimum absolute atomic E-state index is 0.0465. The lowest BCUT2D eigenvalue weighted by atomic mass is 10.0. The third-order valence-corrected chi connectivity index (χ3v) is 6.43. The maximum absolute atomic E-state index is 13.1. The van der Waals surface area contributed by atoms with Gasteiger partial charge in [-0.25, -0.2) is 9.59 Å². The van der Waals surface area contributed by atoms with Gasteiger partial charge in [0, 0.05) is 55.8 Å². The van der Waals surface area contributed by atoms with E-state index >= 15 is 0 Å². The SMILES string of the molecule is Cc1cccc2c3c([nH]c12)CCN(C(=O)CN1C(=O)N[C@H]2[C@@H]1N(C)C(=O)N2C)C3. The molecule has 0 bridgehead atoms. The fraction of sp³-hybridized carbons (Fsp3) is 0.450. The van der Waals surface area contributed by atoms with Gasteiger partial charge in [0.05, 0.1) is 0 Å². The van der Waals surface area contributed by atoms with E-state index in [1.165, 1.54) is 26.0 Å². The monoisotopic (exact) mass is 396 g/mol. The number of para-hydroxylation sites is 1. The Hall–Kier alpha value is -3.23. The predicted octanol–water partition coefficient (Wildman–Crippen LogP) is 1.04. The zero-order valence-electron chi connectivity index (χ0n) is 16.7. The van der Waals surface area contributed by atoms with E-state index in [4.69, 9.17) is 0 Å². The molecular weight excluding hydrogens is 372 g/mol. The summed E-state index contributed by atoms with van der Waals surface area (Å²) in [4.78, 5) is 47.5. The van der Waals surface area contributed by atoms with Crippen molar-refractivity contribution in [1.82, 2.24) is 29.9 Å². The van der Waals surface area contributed by atoms with Gasteiger partial charge >= 0.3 is 12.1 Å². The predicted molar refractivity (Wildman–Crippen MR) is 106 cm³/mol. The third kappa shape index (κ3) is 2.49. The minimum Gasteiger partial charge on any atom is -0.358 e. The number of carbonyl (C=O) groups is 3. The maximum atomic E-state index is 13.1. The number of nitrogens with zero attached hydrogens (tertiary/aromatic N) is 4. The molecule has 0 spiro atoms. The number of hydrogen-bond acceptors (Lipinski definition) is 3. The van der Waals surface area contributed by atoms with Crippen LogP contribution in [0.25, 0.3) is 10.9 Å². The average Bonchev–Trinajstić information content (AvgIpc) is 3.30. The first-order chi connectivity index (χ1) is 13.9. The van der Waals surface area contributed by atoms with E-state index in [1.54, 1.807) is 19.0 Å². The Balaban J connectivity index is 1.36. The molecule has 0 aliphatic carbocycles. The van der Waals surface area contributed by atoms with Crippen molar-refractivity contribution < 1.29 is 14.4 Å². The average molecular weight is 396 g/mol. The second kappa shape index (κ2) is 6.13. The van der Waals surface area contributed by atoms with E-state index < -0.39 is 12.3 Å². The molecule has 5 amide bonds. The molecule has 2 aromatic rings. The number of urea groups is 2. The lowest BCUT2D eigenvalue weighted by Crippen LogP contribution is -2.50. The molecular formula is C20H24N6O3. The highest BCUT2D eigenvalue weighted by Crippen LogP contribution is 2.30. The van der Waals surface area contributed by atoms with Gasteiger partial charge in [-0.05, 0) is 12.5 Å². The minimum atomic E-state index is -0.472. The molecule has 1 aromatic carbocycles. The number of nitrogens with one attached hydrogen (secondary N) is 2. The van der Waals surface area contributed by atoms with Crippen LogP contribution in [-0.2, 0) is 17.8 Å². The highest BCUT2D eigenvalue weighted by atomic mass is 16.2. The molecule has 5 rings (SSSR count). The number of fused-ring (bicyclic) bond motifs is 4.